The van der Waals surface area contributed by atoms with E-state index in [9.17, 15) is 0 Å². The fourth-order valence-electron chi connectivity index (χ4n) is 2.86. The molecule has 10 heteroatoms. The molecule has 6 N–H and O–H groups in total. The standard InChI is InChI=1S/C20H20N8OS/c1-11-4-3-5-12(8-11)23-20-26-18(27-28-20)14-7-6-13(9-15(14)30-2)29-17-10-16(21)24-19(22)25-17/h3-10H,1-2H3,(H4,21,22,24,25)(H2,23,26,27,28). The molecule has 0 spiro atoms. The van der Waals surface area contributed by atoms with Gasteiger partial charge in [0.15, 0.2) is 5.82 Å². The van der Waals surface area contributed by atoms with Gasteiger partial charge in [-0.3, -0.25) is 0 Å². The monoisotopic (exact) mass is 420 g/mol. The van der Waals surface area contributed by atoms with E-state index in [4.69, 9.17) is 16.2 Å². The van der Waals surface area contributed by atoms with E-state index in [1.54, 1.807) is 11.8 Å². The van der Waals surface area contributed by atoms with E-state index in [-0.39, 0.29) is 17.6 Å². The van der Waals surface area contributed by atoms with E-state index >= 15 is 0 Å². The number of nitrogens with zero attached hydrogens (tertiary/aromatic N) is 4. The zero-order valence-corrected chi connectivity index (χ0v) is 17.2. The molecule has 0 saturated carbocycles. The van der Waals surface area contributed by atoms with Crippen LogP contribution in [-0.4, -0.2) is 31.4 Å². The molecule has 0 aliphatic rings. The summed E-state index contributed by atoms with van der Waals surface area (Å²) in [5, 5.41) is 11.7. The first kappa shape index (κ1) is 19.5. The lowest BCUT2D eigenvalue weighted by atomic mass is 10.2. The first-order valence-electron chi connectivity index (χ1n) is 9.03. The number of nitrogen functional groups attached to an aromatic ring is 2. The molecule has 4 aromatic rings. The zero-order valence-electron chi connectivity index (χ0n) is 16.4. The Labute approximate surface area is 177 Å². The number of nitrogens with one attached hydrogen (secondary N) is 2. The third-order valence-corrected chi connectivity index (χ3v) is 4.94. The highest BCUT2D eigenvalue weighted by molar-refractivity contribution is 7.98. The van der Waals surface area contributed by atoms with Gasteiger partial charge in [0.1, 0.15) is 11.6 Å². The minimum Gasteiger partial charge on any atom is -0.439 e. The Morgan fingerprint density at radius 2 is 1.90 bits per heavy atom. The normalized spacial score (nSPS) is 10.7. The summed E-state index contributed by atoms with van der Waals surface area (Å²) in [6, 6.07) is 15.2. The minimum atomic E-state index is 0.0574. The van der Waals surface area contributed by atoms with Gasteiger partial charge < -0.3 is 26.5 Å². The molecule has 0 saturated heterocycles. The molecule has 0 radical (unpaired) electrons. The first-order chi connectivity index (χ1) is 14.5. The molecule has 152 valence electrons. The summed E-state index contributed by atoms with van der Waals surface area (Å²) < 4.78 is 5.79. The number of anilines is 4. The van der Waals surface area contributed by atoms with Crippen LogP contribution in [0.5, 0.6) is 11.6 Å². The molecule has 4 rings (SSSR count). The smallest absolute Gasteiger partial charge is 0.226 e. The van der Waals surface area contributed by atoms with Crippen molar-refractivity contribution in [3.05, 3.63) is 54.1 Å². The van der Waals surface area contributed by atoms with Crippen molar-refractivity contribution in [1.29, 1.82) is 0 Å². The van der Waals surface area contributed by atoms with Crippen molar-refractivity contribution in [2.24, 2.45) is 0 Å². The lowest BCUT2D eigenvalue weighted by molar-refractivity contribution is 0.462. The number of hydrogen-bond donors (Lipinski definition) is 4. The molecule has 0 bridgehead atoms. The van der Waals surface area contributed by atoms with Gasteiger partial charge >= 0.3 is 0 Å². The average molecular weight is 421 g/mol. The van der Waals surface area contributed by atoms with Gasteiger partial charge in [-0.1, -0.05) is 12.1 Å². The fraction of sp³-hybridized carbons (Fsp3) is 0.100. The van der Waals surface area contributed by atoms with Gasteiger partial charge in [0.25, 0.3) is 0 Å². The van der Waals surface area contributed by atoms with Crippen LogP contribution in [0.1, 0.15) is 5.56 Å². The molecule has 30 heavy (non-hydrogen) atoms. The van der Waals surface area contributed by atoms with E-state index in [0.717, 1.165) is 21.7 Å². The van der Waals surface area contributed by atoms with Gasteiger partial charge in [-0.05, 0) is 49.1 Å². The third-order valence-electron chi connectivity index (χ3n) is 4.16. The molecule has 2 aromatic carbocycles. The van der Waals surface area contributed by atoms with Crippen LogP contribution >= 0.6 is 11.8 Å². The number of aromatic nitrogens is 5. The number of H-pyrrole nitrogens is 1. The maximum absolute atomic E-state index is 5.79. The average Bonchev–Trinajstić information content (AvgIpc) is 3.15. The molecular formula is C20H20N8OS. The van der Waals surface area contributed by atoms with E-state index in [1.165, 1.54) is 6.07 Å². The molecule has 9 nitrogen and oxygen atoms in total. The number of rotatable bonds is 6. The Morgan fingerprint density at radius 3 is 2.67 bits per heavy atom. The Morgan fingerprint density at radius 1 is 1.03 bits per heavy atom. The molecular weight excluding hydrogens is 400 g/mol. The number of aryl methyl sites for hydroxylation is 1. The summed E-state index contributed by atoms with van der Waals surface area (Å²) in [6.45, 7) is 2.04. The maximum Gasteiger partial charge on any atom is 0.226 e. The highest BCUT2D eigenvalue weighted by Gasteiger charge is 2.13. The zero-order chi connectivity index (χ0) is 21.1. The summed E-state index contributed by atoms with van der Waals surface area (Å²) in [5.41, 5.74) is 14.3. The summed E-state index contributed by atoms with van der Waals surface area (Å²) in [4.78, 5) is 12.0. The lowest BCUT2D eigenvalue weighted by Crippen LogP contribution is -2.00. The van der Waals surface area contributed by atoms with Crippen molar-refractivity contribution in [2.75, 3.05) is 23.0 Å². The second-order valence-electron chi connectivity index (χ2n) is 6.47. The van der Waals surface area contributed by atoms with Gasteiger partial charge in [-0.2, -0.15) is 9.97 Å². The molecule has 0 unspecified atom stereocenters. The summed E-state index contributed by atoms with van der Waals surface area (Å²) in [5.74, 6) is 2.39. The van der Waals surface area contributed by atoms with Crippen molar-refractivity contribution in [3.63, 3.8) is 0 Å². The quantitative estimate of drug-likeness (QED) is 0.341. The highest BCUT2D eigenvalue weighted by atomic mass is 32.2. The molecule has 2 aromatic heterocycles. The number of thioether (sulfide) groups is 1. The van der Waals surface area contributed by atoms with E-state index < -0.39 is 0 Å². The van der Waals surface area contributed by atoms with Crippen LogP contribution < -0.4 is 21.5 Å². The third kappa shape index (κ3) is 4.44. The van der Waals surface area contributed by atoms with Crippen LogP contribution in [-0.2, 0) is 0 Å². The number of hydrogen-bond acceptors (Lipinski definition) is 9. The second-order valence-corrected chi connectivity index (χ2v) is 7.32. The molecule has 0 fully saturated rings. The molecule has 0 aliphatic heterocycles. The Bertz CT molecular complexity index is 1170. The Kier molecular flexibility index (Phi) is 5.40. The SMILES string of the molecule is CSc1cc(Oc2cc(N)nc(N)n2)ccc1-c1nnc(Nc2cccc(C)c2)[nH]1. The number of ether oxygens (including phenoxy) is 1. The van der Waals surface area contributed by atoms with Gasteiger partial charge in [0.2, 0.25) is 17.8 Å². The second kappa shape index (κ2) is 8.29. The summed E-state index contributed by atoms with van der Waals surface area (Å²) in [6.07, 6.45) is 1.98. The predicted octanol–water partition coefficient (Wildman–Crippen LogP) is 3.99. The van der Waals surface area contributed by atoms with Crippen molar-refractivity contribution < 1.29 is 4.74 Å². The Balaban J connectivity index is 1.56. The Hall–Kier alpha value is -3.79. The van der Waals surface area contributed by atoms with Crippen LogP contribution in [0.15, 0.2) is 53.4 Å². The van der Waals surface area contributed by atoms with Gasteiger partial charge in [0, 0.05) is 22.2 Å². The van der Waals surface area contributed by atoms with E-state index in [1.807, 2.05) is 55.6 Å². The summed E-state index contributed by atoms with van der Waals surface area (Å²) >= 11 is 1.57. The topological polar surface area (TPSA) is 141 Å². The maximum atomic E-state index is 5.79. The van der Waals surface area contributed by atoms with Crippen LogP contribution in [0, 0.1) is 6.92 Å². The summed E-state index contributed by atoms with van der Waals surface area (Å²) in [7, 11) is 0. The van der Waals surface area contributed by atoms with Crippen molar-refractivity contribution in [3.8, 4) is 23.0 Å². The van der Waals surface area contributed by atoms with Crippen LogP contribution in [0.2, 0.25) is 0 Å². The molecule has 2 heterocycles. The van der Waals surface area contributed by atoms with Crippen LogP contribution in [0.4, 0.5) is 23.4 Å². The van der Waals surface area contributed by atoms with E-state index in [2.05, 4.69) is 30.5 Å². The molecule has 0 atom stereocenters. The number of benzene rings is 2. The molecule has 0 aliphatic carbocycles. The van der Waals surface area contributed by atoms with E-state index in [0.29, 0.717) is 17.5 Å². The van der Waals surface area contributed by atoms with Crippen LogP contribution in [0.3, 0.4) is 0 Å². The van der Waals surface area contributed by atoms with Gasteiger partial charge in [-0.15, -0.1) is 22.0 Å². The minimum absolute atomic E-state index is 0.0574. The largest absolute Gasteiger partial charge is 0.439 e. The molecule has 0 amide bonds. The van der Waals surface area contributed by atoms with Crippen LogP contribution in [0.25, 0.3) is 11.4 Å². The first-order valence-corrected chi connectivity index (χ1v) is 10.3. The van der Waals surface area contributed by atoms with Gasteiger partial charge in [-0.25, -0.2) is 0 Å². The van der Waals surface area contributed by atoms with Crippen molar-refractivity contribution >= 4 is 35.2 Å². The number of aromatic amines is 1. The van der Waals surface area contributed by atoms with Crippen molar-refractivity contribution in [2.45, 2.75) is 11.8 Å². The fourth-order valence-corrected chi connectivity index (χ4v) is 3.48. The number of nitrogens with two attached hydrogens (primary N) is 2. The van der Waals surface area contributed by atoms with Gasteiger partial charge in [0.05, 0.1) is 0 Å². The predicted molar refractivity (Wildman–Crippen MR) is 119 cm³/mol. The lowest BCUT2D eigenvalue weighted by Gasteiger charge is -2.09. The highest BCUT2D eigenvalue weighted by Crippen LogP contribution is 2.33. The van der Waals surface area contributed by atoms with Crippen molar-refractivity contribution in [1.82, 2.24) is 25.1 Å².